The third kappa shape index (κ3) is 1.00. The Labute approximate surface area is 57.9 Å². The van der Waals surface area contributed by atoms with E-state index in [1.807, 2.05) is 6.07 Å². The van der Waals surface area contributed by atoms with Crippen molar-refractivity contribution in [2.24, 2.45) is 0 Å². The van der Waals surface area contributed by atoms with E-state index in [-0.39, 0.29) is 11.3 Å². The Balaban J connectivity index is 3.24. The fourth-order valence-corrected chi connectivity index (χ4v) is 0.577. The van der Waals surface area contributed by atoms with Crippen LogP contribution in [0.3, 0.4) is 0 Å². The second-order valence-corrected chi connectivity index (χ2v) is 1.61. The molecule has 0 amide bonds. The topological polar surface area (TPSA) is 53.8 Å². The number of nitriles is 1. The van der Waals surface area contributed by atoms with Gasteiger partial charge >= 0.3 is 0 Å². The fraction of sp³-hybridized carbons (Fsp3) is 0. The van der Waals surface area contributed by atoms with Crippen LogP contribution in [0, 0.1) is 11.3 Å². The Morgan fingerprint density at radius 1 is 1.60 bits per heavy atom. The standard InChI is InChI=1S/C7H3N2O/c8-4-6-2-1-3-9-7(6)5-10/h1-3H. The summed E-state index contributed by atoms with van der Waals surface area (Å²) in [5.41, 5.74) is 0.336. The highest BCUT2D eigenvalue weighted by Crippen LogP contribution is 1.98. The zero-order valence-electron chi connectivity index (χ0n) is 5.03. The average molecular weight is 131 g/mol. The maximum Gasteiger partial charge on any atom is 0.254 e. The molecule has 10 heavy (non-hydrogen) atoms. The van der Waals surface area contributed by atoms with Crippen molar-refractivity contribution in [3.05, 3.63) is 29.6 Å². The minimum atomic E-state index is 0.0741. The molecule has 0 bridgehead atoms. The van der Waals surface area contributed by atoms with Crippen molar-refractivity contribution >= 4 is 6.29 Å². The molecule has 0 aromatic carbocycles. The summed E-state index contributed by atoms with van der Waals surface area (Å²) in [7, 11) is 0. The molecule has 0 unspecified atom stereocenters. The van der Waals surface area contributed by atoms with Gasteiger partial charge in [-0.3, -0.25) is 9.78 Å². The third-order valence-corrected chi connectivity index (χ3v) is 1.02. The fourth-order valence-electron chi connectivity index (χ4n) is 0.577. The highest BCUT2D eigenvalue weighted by Gasteiger charge is 1.98. The van der Waals surface area contributed by atoms with Crippen molar-refractivity contribution in [1.29, 1.82) is 5.26 Å². The zero-order chi connectivity index (χ0) is 7.40. The number of rotatable bonds is 1. The Morgan fingerprint density at radius 2 is 2.40 bits per heavy atom. The molecule has 0 fully saturated rings. The van der Waals surface area contributed by atoms with Crippen LogP contribution in [0.5, 0.6) is 0 Å². The van der Waals surface area contributed by atoms with Gasteiger partial charge in [-0.2, -0.15) is 5.26 Å². The number of nitrogens with zero attached hydrogens (tertiary/aromatic N) is 2. The monoisotopic (exact) mass is 131 g/mol. The molecule has 0 aliphatic rings. The molecule has 0 N–H and O–H groups in total. The van der Waals surface area contributed by atoms with Crippen molar-refractivity contribution in [2.45, 2.75) is 0 Å². The summed E-state index contributed by atoms with van der Waals surface area (Å²) >= 11 is 0. The van der Waals surface area contributed by atoms with Crippen LogP contribution in [-0.4, -0.2) is 11.3 Å². The lowest BCUT2D eigenvalue weighted by molar-refractivity contribution is 0.561. The van der Waals surface area contributed by atoms with E-state index in [4.69, 9.17) is 5.26 Å². The molecule has 0 saturated heterocycles. The van der Waals surface area contributed by atoms with Crippen LogP contribution in [0.25, 0.3) is 0 Å². The van der Waals surface area contributed by atoms with Crippen molar-refractivity contribution in [1.82, 2.24) is 4.98 Å². The quantitative estimate of drug-likeness (QED) is 0.554. The lowest BCUT2D eigenvalue weighted by atomic mass is 10.2. The van der Waals surface area contributed by atoms with Gasteiger partial charge in [-0.1, -0.05) is 0 Å². The summed E-state index contributed by atoms with van der Waals surface area (Å²) in [6.45, 7) is 0. The molecule has 1 rings (SSSR count). The van der Waals surface area contributed by atoms with Gasteiger partial charge in [0.2, 0.25) is 0 Å². The van der Waals surface area contributed by atoms with Gasteiger partial charge in [0, 0.05) is 6.20 Å². The summed E-state index contributed by atoms with van der Waals surface area (Å²) in [4.78, 5) is 13.7. The number of hydrogen-bond donors (Lipinski definition) is 0. The summed E-state index contributed by atoms with van der Waals surface area (Å²) in [6.07, 6.45) is 3.01. The first-order valence-electron chi connectivity index (χ1n) is 2.61. The van der Waals surface area contributed by atoms with Crippen LogP contribution in [-0.2, 0) is 4.79 Å². The first kappa shape index (κ1) is 6.43. The van der Waals surface area contributed by atoms with Gasteiger partial charge in [0.15, 0.2) is 0 Å². The third-order valence-electron chi connectivity index (χ3n) is 1.02. The molecular weight excluding hydrogens is 128 g/mol. The highest BCUT2D eigenvalue weighted by molar-refractivity contribution is 5.76. The van der Waals surface area contributed by atoms with Gasteiger partial charge in [0.05, 0.1) is 5.56 Å². The van der Waals surface area contributed by atoms with E-state index in [2.05, 4.69) is 4.98 Å². The van der Waals surface area contributed by atoms with E-state index >= 15 is 0 Å². The Morgan fingerprint density at radius 3 is 2.90 bits per heavy atom. The van der Waals surface area contributed by atoms with Crippen LogP contribution in [0.4, 0.5) is 0 Å². The number of pyridine rings is 1. The zero-order valence-corrected chi connectivity index (χ0v) is 5.03. The summed E-state index contributed by atoms with van der Waals surface area (Å²) in [5, 5.41) is 8.38. The summed E-state index contributed by atoms with van der Waals surface area (Å²) in [6, 6.07) is 4.94. The molecule has 1 heterocycles. The van der Waals surface area contributed by atoms with Crippen molar-refractivity contribution in [3.63, 3.8) is 0 Å². The van der Waals surface area contributed by atoms with E-state index in [0.29, 0.717) is 0 Å². The minimum Gasteiger partial charge on any atom is -0.283 e. The number of carbonyl (C=O) groups excluding carboxylic acids is 1. The minimum absolute atomic E-state index is 0.0741. The van der Waals surface area contributed by atoms with Crippen molar-refractivity contribution < 1.29 is 4.79 Å². The molecule has 3 nitrogen and oxygen atoms in total. The molecule has 1 aromatic heterocycles. The second-order valence-electron chi connectivity index (χ2n) is 1.61. The molecule has 0 spiro atoms. The first-order valence-corrected chi connectivity index (χ1v) is 2.61. The maximum absolute atomic E-state index is 10.0. The molecule has 0 aliphatic heterocycles. The smallest absolute Gasteiger partial charge is 0.254 e. The Kier molecular flexibility index (Phi) is 1.76. The Bertz CT molecular complexity index is 288. The van der Waals surface area contributed by atoms with Gasteiger partial charge in [0.25, 0.3) is 6.29 Å². The predicted molar refractivity (Wildman–Crippen MR) is 33.7 cm³/mol. The van der Waals surface area contributed by atoms with Gasteiger partial charge in [0.1, 0.15) is 11.8 Å². The van der Waals surface area contributed by atoms with Crippen molar-refractivity contribution in [2.75, 3.05) is 0 Å². The highest BCUT2D eigenvalue weighted by atomic mass is 16.1. The molecule has 1 radical (unpaired) electrons. The van der Waals surface area contributed by atoms with E-state index in [9.17, 15) is 4.79 Å². The average Bonchev–Trinajstić information content (AvgIpc) is 2.04. The van der Waals surface area contributed by atoms with Crippen molar-refractivity contribution in [3.8, 4) is 6.07 Å². The van der Waals surface area contributed by atoms with Crippen LogP contribution in [0.2, 0.25) is 0 Å². The molecule has 0 atom stereocenters. The normalized spacial score (nSPS) is 8.30. The lowest BCUT2D eigenvalue weighted by Crippen LogP contribution is -1.90. The number of hydrogen-bond acceptors (Lipinski definition) is 3. The van der Waals surface area contributed by atoms with E-state index in [1.54, 1.807) is 12.4 Å². The second kappa shape index (κ2) is 2.74. The van der Waals surface area contributed by atoms with Gasteiger partial charge in [-0.15, -0.1) is 0 Å². The Hall–Kier alpha value is -1.69. The molecule has 1 aromatic rings. The van der Waals surface area contributed by atoms with Crippen LogP contribution >= 0.6 is 0 Å². The molecule has 0 saturated carbocycles. The van der Waals surface area contributed by atoms with E-state index < -0.39 is 0 Å². The number of aromatic nitrogens is 1. The molecule has 47 valence electrons. The van der Waals surface area contributed by atoms with Gasteiger partial charge in [-0.05, 0) is 12.1 Å². The van der Waals surface area contributed by atoms with Crippen LogP contribution < -0.4 is 0 Å². The van der Waals surface area contributed by atoms with Gasteiger partial charge < -0.3 is 0 Å². The lowest BCUT2D eigenvalue weighted by Gasteiger charge is -1.88. The van der Waals surface area contributed by atoms with Gasteiger partial charge in [-0.25, -0.2) is 0 Å². The van der Waals surface area contributed by atoms with Crippen LogP contribution in [0.1, 0.15) is 11.3 Å². The SMILES string of the molecule is N#Cc1cccnc1[C]=O. The summed E-state index contributed by atoms with van der Waals surface area (Å²) < 4.78 is 0. The van der Waals surface area contributed by atoms with E-state index in [0.717, 1.165) is 0 Å². The van der Waals surface area contributed by atoms with E-state index in [1.165, 1.54) is 12.3 Å². The molecular formula is C7H3N2O. The predicted octanol–water partition coefficient (Wildman–Crippen LogP) is 0.411. The maximum atomic E-state index is 10.0. The molecule has 3 heteroatoms. The summed E-state index contributed by atoms with van der Waals surface area (Å²) in [5.74, 6) is 0. The van der Waals surface area contributed by atoms with Crippen LogP contribution in [0.15, 0.2) is 18.3 Å². The molecule has 0 aliphatic carbocycles. The first-order chi connectivity index (χ1) is 4.88. The largest absolute Gasteiger partial charge is 0.283 e.